The predicted molar refractivity (Wildman–Crippen MR) is 120 cm³/mol. The first-order chi connectivity index (χ1) is 15.0. The third-order valence-electron chi connectivity index (χ3n) is 7.09. The summed E-state index contributed by atoms with van der Waals surface area (Å²) in [5.41, 5.74) is 2.43. The van der Waals surface area contributed by atoms with Crippen LogP contribution in [0.25, 0.3) is 0 Å². The van der Waals surface area contributed by atoms with Crippen molar-refractivity contribution in [3.05, 3.63) is 52.1 Å². The average Bonchev–Trinajstić information content (AvgIpc) is 3.48. The van der Waals surface area contributed by atoms with Gasteiger partial charge in [0, 0.05) is 62.3 Å². The zero-order chi connectivity index (χ0) is 21.6. The van der Waals surface area contributed by atoms with Crippen molar-refractivity contribution in [2.45, 2.75) is 51.3 Å². The van der Waals surface area contributed by atoms with Crippen molar-refractivity contribution in [3.63, 3.8) is 0 Å². The van der Waals surface area contributed by atoms with Crippen molar-refractivity contribution >= 4 is 17.5 Å². The molecule has 1 spiro atoms. The van der Waals surface area contributed by atoms with Crippen molar-refractivity contribution in [2.24, 2.45) is 5.92 Å². The summed E-state index contributed by atoms with van der Waals surface area (Å²) in [7, 11) is 2.20. The minimum Gasteiger partial charge on any atom is -0.365 e. The molecule has 5 rings (SSSR count). The van der Waals surface area contributed by atoms with Gasteiger partial charge in [0.25, 0.3) is 5.91 Å². The zero-order valence-electron chi connectivity index (χ0n) is 18.4. The molecule has 1 aromatic carbocycles. The number of amides is 1. The number of nitrogens with zero attached hydrogens (tertiary/aromatic N) is 4. The monoisotopic (exact) mass is 442 g/mol. The van der Waals surface area contributed by atoms with Gasteiger partial charge in [-0.1, -0.05) is 17.7 Å². The second kappa shape index (κ2) is 8.23. The molecule has 0 bridgehead atoms. The van der Waals surface area contributed by atoms with Crippen LogP contribution in [0.3, 0.4) is 0 Å². The lowest BCUT2D eigenvalue weighted by Gasteiger charge is -2.43. The molecule has 0 unspecified atom stereocenters. The number of likely N-dealkylation sites (tertiary alicyclic amines) is 1. The van der Waals surface area contributed by atoms with E-state index in [2.05, 4.69) is 16.5 Å². The molecule has 1 aliphatic carbocycles. The lowest BCUT2D eigenvalue weighted by atomic mass is 9.88. The molecule has 2 aromatic rings. The Hall–Kier alpha value is -1.89. The molecular weight excluding hydrogens is 412 g/mol. The van der Waals surface area contributed by atoms with Crippen molar-refractivity contribution in [2.75, 3.05) is 33.3 Å². The highest BCUT2D eigenvalue weighted by Crippen LogP contribution is 2.39. The minimum absolute atomic E-state index is 0.0522. The first kappa shape index (κ1) is 21.0. The van der Waals surface area contributed by atoms with Gasteiger partial charge in [-0.25, -0.2) is 4.98 Å². The molecule has 0 radical (unpaired) electrons. The average molecular weight is 443 g/mol. The Kier molecular flexibility index (Phi) is 5.57. The van der Waals surface area contributed by atoms with Gasteiger partial charge < -0.3 is 19.1 Å². The van der Waals surface area contributed by atoms with Crippen molar-refractivity contribution in [1.29, 1.82) is 0 Å². The molecule has 2 fully saturated rings. The molecular formula is C24H31ClN4O2. The smallest absolute Gasteiger partial charge is 0.254 e. The van der Waals surface area contributed by atoms with Gasteiger partial charge in [-0.15, -0.1) is 0 Å². The van der Waals surface area contributed by atoms with Gasteiger partial charge in [0.2, 0.25) is 0 Å². The lowest BCUT2D eigenvalue weighted by molar-refractivity contribution is -0.112. The number of aromatic nitrogens is 2. The summed E-state index contributed by atoms with van der Waals surface area (Å²) in [5, 5.41) is 0.635. The van der Waals surface area contributed by atoms with Crippen LogP contribution in [0.5, 0.6) is 0 Å². The number of carbonyl (C=O) groups excluding carboxylic acids is 1. The van der Waals surface area contributed by atoms with Gasteiger partial charge in [-0.3, -0.25) is 4.79 Å². The van der Waals surface area contributed by atoms with E-state index in [1.54, 1.807) is 0 Å². The van der Waals surface area contributed by atoms with Crippen LogP contribution in [0.15, 0.2) is 24.4 Å². The highest BCUT2D eigenvalue weighted by molar-refractivity contribution is 6.31. The zero-order valence-corrected chi connectivity index (χ0v) is 19.2. The van der Waals surface area contributed by atoms with Crippen LogP contribution in [-0.4, -0.2) is 58.5 Å². The molecule has 2 aliphatic heterocycles. The third-order valence-corrected chi connectivity index (χ3v) is 7.50. The molecule has 1 amide bonds. The van der Waals surface area contributed by atoms with E-state index in [4.69, 9.17) is 21.3 Å². The van der Waals surface area contributed by atoms with Crippen LogP contribution in [0.1, 0.15) is 53.1 Å². The quantitative estimate of drug-likeness (QED) is 0.705. The summed E-state index contributed by atoms with van der Waals surface area (Å²) in [6.07, 6.45) is 6.31. The topological polar surface area (TPSA) is 50.6 Å². The Labute approximate surface area is 189 Å². The SMILES string of the molecule is Cc1c(Cl)cccc1C(=O)N1CCC2(CC1)OCCn1c(CN(C)CC3CC3)cnc12. The molecule has 1 saturated carbocycles. The van der Waals surface area contributed by atoms with Crippen molar-refractivity contribution in [1.82, 2.24) is 19.4 Å². The molecule has 7 heteroatoms. The van der Waals surface area contributed by atoms with E-state index in [1.165, 1.54) is 25.1 Å². The molecule has 1 aromatic heterocycles. The van der Waals surface area contributed by atoms with Gasteiger partial charge in [0.1, 0.15) is 11.4 Å². The van der Waals surface area contributed by atoms with E-state index in [1.807, 2.05) is 36.2 Å². The van der Waals surface area contributed by atoms with Gasteiger partial charge in [-0.05, 0) is 50.4 Å². The fourth-order valence-corrected chi connectivity index (χ4v) is 5.25. The number of piperidine rings is 1. The number of benzene rings is 1. The van der Waals surface area contributed by atoms with Crippen LogP contribution >= 0.6 is 11.6 Å². The summed E-state index contributed by atoms with van der Waals surface area (Å²) in [6, 6.07) is 5.53. The summed E-state index contributed by atoms with van der Waals surface area (Å²) < 4.78 is 8.71. The number of ether oxygens (including phenoxy) is 1. The lowest BCUT2D eigenvalue weighted by Crippen LogP contribution is -2.50. The molecule has 0 N–H and O–H groups in total. The second-order valence-corrected chi connectivity index (χ2v) is 9.82. The summed E-state index contributed by atoms with van der Waals surface area (Å²) >= 11 is 6.23. The van der Waals surface area contributed by atoms with E-state index in [0.29, 0.717) is 30.3 Å². The Morgan fingerprint density at radius 1 is 1.29 bits per heavy atom. The molecule has 3 heterocycles. The van der Waals surface area contributed by atoms with E-state index in [-0.39, 0.29) is 11.5 Å². The van der Waals surface area contributed by atoms with Crippen LogP contribution < -0.4 is 0 Å². The predicted octanol–water partition coefficient (Wildman–Crippen LogP) is 3.85. The molecule has 0 atom stereocenters. The van der Waals surface area contributed by atoms with Gasteiger partial charge in [0.05, 0.1) is 12.3 Å². The van der Waals surface area contributed by atoms with Crippen LogP contribution in [0, 0.1) is 12.8 Å². The number of imidazole rings is 1. The van der Waals surface area contributed by atoms with E-state index in [9.17, 15) is 4.79 Å². The van der Waals surface area contributed by atoms with Crippen molar-refractivity contribution in [3.8, 4) is 0 Å². The minimum atomic E-state index is -0.383. The fourth-order valence-electron chi connectivity index (χ4n) is 5.08. The molecule has 166 valence electrons. The maximum absolute atomic E-state index is 13.1. The first-order valence-electron chi connectivity index (χ1n) is 11.4. The van der Waals surface area contributed by atoms with E-state index in [0.717, 1.165) is 43.2 Å². The number of fused-ring (bicyclic) bond motifs is 2. The van der Waals surface area contributed by atoms with Crippen LogP contribution in [0.4, 0.5) is 0 Å². The van der Waals surface area contributed by atoms with Crippen LogP contribution in [0.2, 0.25) is 5.02 Å². The van der Waals surface area contributed by atoms with E-state index < -0.39 is 0 Å². The highest BCUT2D eigenvalue weighted by atomic mass is 35.5. The number of hydrogen-bond donors (Lipinski definition) is 0. The molecule has 1 saturated heterocycles. The van der Waals surface area contributed by atoms with Gasteiger partial charge >= 0.3 is 0 Å². The molecule has 31 heavy (non-hydrogen) atoms. The summed E-state index contributed by atoms with van der Waals surface area (Å²) in [6.45, 7) is 6.88. The number of halogens is 1. The Bertz CT molecular complexity index is 976. The maximum Gasteiger partial charge on any atom is 0.254 e. The molecule has 3 aliphatic rings. The Balaban J connectivity index is 1.30. The number of rotatable bonds is 5. The second-order valence-electron chi connectivity index (χ2n) is 9.41. The van der Waals surface area contributed by atoms with Gasteiger partial charge in [-0.2, -0.15) is 0 Å². The summed E-state index contributed by atoms with van der Waals surface area (Å²) in [4.78, 5) is 22.3. The van der Waals surface area contributed by atoms with Crippen LogP contribution in [-0.2, 0) is 23.4 Å². The normalized spacial score (nSPS) is 20.3. The third kappa shape index (κ3) is 4.01. The Morgan fingerprint density at radius 3 is 2.81 bits per heavy atom. The summed E-state index contributed by atoms with van der Waals surface area (Å²) in [5.74, 6) is 1.98. The standard InChI is InChI=1S/C24H31ClN4O2/c1-17-20(4-3-5-21(17)25)22(30)28-10-8-24(9-11-28)23-26-14-19(29(23)12-13-31-24)16-27(2)15-18-6-7-18/h3-5,14,18H,6-13,15-16H2,1-2H3. The highest BCUT2D eigenvalue weighted by Gasteiger charge is 2.44. The number of hydrogen-bond acceptors (Lipinski definition) is 4. The van der Waals surface area contributed by atoms with Gasteiger partial charge in [0.15, 0.2) is 0 Å². The molecule has 6 nitrogen and oxygen atoms in total. The van der Waals surface area contributed by atoms with E-state index >= 15 is 0 Å². The van der Waals surface area contributed by atoms with Crippen molar-refractivity contribution < 1.29 is 9.53 Å². The fraction of sp³-hybridized carbons (Fsp3) is 0.583. The Morgan fingerprint density at radius 2 is 2.06 bits per heavy atom. The first-order valence-corrected chi connectivity index (χ1v) is 11.8. The largest absolute Gasteiger partial charge is 0.365 e. The maximum atomic E-state index is 13.1. The number of carbonyl (C=O) groups is 1.